The Morgan fingerprint density at radius 3 is 2.26 bits per heavy atom. The monoisotopic (exact) mass is 470 g/mol. The molecule has 6 nitrogen and oxygen atoms in total. The maximum absolute atomic E-state index is 13.1. The first-order valence-electron chi connectivity index (χ1n) is 10.9. The predicted octanol–water partition coefficient (Wildman–Crippen LogP) is 4.16. The fourth-order valence-electron chi connectivity index (χ4n) is 4.22. The third-order valence-corrected chi connectivity index (χ3v) is 7.38. The second kappa shape index (κ2) is 8.76. The summed E-state index contributed by atoms with van der Waals surface area (Å²) in [6.45, 7) is 1.09. The van der Waals surface area contributed by atoms with E-state index in [1.54, 1.807) is 23.1 Å². The van der Waals surface area contributed by atoms with Gasteiger partial charge in [-0.2, -0.15) is 0 Å². The molecule has 0 atom stereocenters. The first-order valence-corrected chi connectivity index (χ1v) is 12.4. The smallest absolute Gasteiger partial charge is 0.265 e. The van der Waals surface area contributed by atoms with Crippen molar-refractivity contribution in [2.75, 3.05) is 6.54 Å². The van der Waals surface area contributed by atoms with E-state index in [4.69, 9.17) is 0 Å². The summed E-state index contributed by atoms with van der Waals surface area (Å²) in [4.78, 5) is 27.6. The van der Waals surface area contributed by atoms with Crippen molar-refractivity contribution >= 4 is 32.6 Å². The number of carbonyl (C=O) groups excluding carboxylic acids is 2. The standard InChI is InChI=1S/C27H22N2O4S/c30-26(28-34(32,33)25-13-12-19-6-1-3-8-21(19)17-25)22-10-5-11-23(16-22)27(31)29-15-14-20-7-2-4-9-24(20)18-29/h1-13,16-17H,14-15,18H2,(H,28,30). The van der Waals surface area contributed by atoms with E-state index in [9.17, 15) is 18.0 Å². The third-order valence-electron chi connectivity index (χ3n) is 6.05. The van der Waals surface area contributed by atoms with Gasteiger partial charge in [0.15, 0.2) is 0 Å². The molecular weight excluding hydrogens is 448 g/mol. The summed E-state index contributed by atoms with van der Waals surface area (Å²) in [5.41, 5.74) is 2.79. The molecule has 0 saturated heterocycles. The molecule has 0 aromatic heterocycles. The van der Waals surface area contributed by atoms with Crippen LogP contribution >= 0.6 is 0 Å². The Morgan fingerprint density at radius 1 is 0.735 bits per heavy atom. The quantitative estimate of drug-likeness (QED) is 0.486. The van der Waals surface area contributed by atoms with Crippen molar-refractivity contribution in [2.45, 2.75) is 17.9 Å². The van der Waals surface area contributed by atoms with Crippen LogP contribution in [0.25, 0.3) is 10.8 Å². The van der Waals surface area contributed by atoms with E-state index in [-0.39, 0.29) is 16.4 Å². The van der Waals surface area contributed by atoms with Crippen LogP contribution in [0.15, 0.2) is 95.9 Å². The number of sulfonamides is 1. The van der Waals surface area contributed by atoms with Crippen molar-refractivity contribution in [3.63, 3.8) is 0 Å². The fourth-order valence-corrected chi connectivity index (χ4v) is 5.23. The number of amides is 2. The van der Waals surface area contributed by atoms with Gasteiger partial charge in [0.2, 0.25) is 0 Å². The molecule has 1 N–H and O–H groups in total. The largest absolute Gasteiger partial charge is 0.334 e. The minimum Gasteiger partial charge on any atom is -0.334 e. The normalized spacial score (nSPS) is 13.4. The summed E-state index contributed by atoms with van der Waals surface area (Å²) < 4.78 is 27.8. The van der Waals surface area contributed by atoms with E-state index in [0.29, 0.717) is 18.7 Å². The lowest BCUT2D eigenvalue weighted by Gasteiger charge is -2.29. The molecule has 0 bridgehead atoms. The highest BCUT2D eigenvalue weighted by Gasteiger charge is 2.23. The van der Waals surface area contributed by atoms with Crippen LogP contribution in [-0.4, -0.2) is 31.7 Å². The molecule has 2 amide bonds. The van der Waals surface area contributed by atoms with Gasteiger partial charge in [-0.3, -0.25) is 9.59 Å². The Morgan fingerprint density at radius 2 is 1.44 bits per heavy atom. The number of fused-ring (bicyclic) bond motifs is 2. The molecule has 170 valence electrons. The minimum atomic E-state index is -4.08. The number of hydrogen-bond acceptors (Lipinski definition) is 4. The van der Waals surface area contributed by atoms with Gasteiger partial charge in [-0.1, -0.05) is 60.7 Å². The molecule has 7 heteroatoms. The van der Waals surface area contributed by atoms with Gasteiger partial charge < -0.3 is 4.90 Å². The second-order valence-corrected chi connectivity index (χ2v) is 9.95. The summed E-state index contributed by atoms with van der Waals surface area (Å²) in [5.74, 6) is -0.978. The maximum atomic E-state index is 13.1. The van der Waals surface area contributed by atoms with Crippen molar-refractivity contribution in [1.29, 1.82) is 0 Å². The van der Waals surface area contributed by atoms with Crippen LogP contribution in [0.5, 0.6) is 0 Å². The van der Waals surface area contributed by atoms with Gasteiger partial charge in [0, 0.05) is 24.2 Å². The number of hydrogen-bond donors (Lipinski definition) is 1. The van der Waals surface area contributed by atoms with Gasteiger partial charge >= 0.3 is 0 Å². The van der Waals surface area contributed by atoms with Gasteiger partial charge in [0.25, 0.3) is 21.8 Å². The number of benzene rings is 4. The molecule has 34 heavy (non-hydrogen) atoms. The molecule has 4 aromatic carbocycles. The van der Waals surface area contributed by atoms with Gasteiger partial charge in [-0.15, -0.1) is 0 Å². The molecule has 0 radical (unpaired) electrons. The highest BCUT2D eigenvalue weighted by molar-refractivity contribution is 7.90. The van der Waals surface area contributed by atoms with Crippen LogP contribution < -0.4 is 4.72 Å². The number of nitrogens with zero attached hydrogens (tertiary/aromatic N) is 1. The van der Waals surface area contributed by atoms with Gasteiger partial charge in [0.05, 0.1) is 4.90 Å². The van der Waals surface area contributed by atoms with Crippen molar-refractivity contribution in [3.05, 3.63) is 113 Å². The SMILES string of the molecule is O=C(NS(=O)(=O)c1ccc2ccccc2c1)c1cccc(C(=O)N2CCc3ccccc3C2)c1. The Kier molecular flexibility index (Phi) is 5.63. The van der Waals surface area contributed by atoms with E-state index < -0.39 is 15.9 Å². The number of rotatable bonds is 4. The van der Waals surface area contributed by atoms with Crippen LogP contribution in [-0.2, 0) is 23.0 Å². The summed E-state index contributed by atoms with van der Waals surface area (Å²) in [6.07, 6.45) is 0.770. The van der Waals surface area contributed by atoms with Gasteiger partial charge in [-0.05, 0) is 58.7 Å². The highest BCUT2D eigenvalue weighted by Crippen LogP contribution is 2.22. The van der Waals surface area contributed by atoms with Crippen molar-refractivity contribution in [2.24, 2.45) is 0 Å². The zero-order valence-electron chi connectivity index (χ0n) is 18.3. The third kappa shape index (κ3) is 4.30. The molecule has 1 heterocycles. The van der Waals surface area contributed by atoms with Crippen molar-refractivity contribution in [3.8, 4) is 0 Å². The van der Waals surface area contributed by atoms with E-state index in [1.807, 2.05) is 42.5 Å². The Labute approximate surface area is 197 Å². The van der Waals surface area contributed by atoms with Crippen LogP contribution in [0.1, 0.15) is 31.8 Å². The average molecular weight is 471 g/mol. The maximum Gasteiger partial charge on any atom is 0.265 e. The topological polar surface area (TPSA) is 83.5 Å². The minimum absolute atomic E-state index is 0.00115. The van der Waals surface area contributed by atoms with Crippen LogP contribution in [0, 0.1) is 0 Å². The lowest BCUT2D eigenvalue weighted by atomic mass is 9.99. The molecule has 4 aromatic rings. The zero-order chi connectivity index (χ0) is 23.7. The van der Waals surface area contributed by atoms with E-state index >= 15 is 0 Å². The highest BCUT2D eigenvalue weighted by atomic mass is 32.2. The Bertz CT molecular complexity index is 1530. The van der Waals surface area contributed by atoms with E-state index in [0.717, 1.165) is 22.8 Å². The summed E-state index contributed by atoms with van der Waals surface area (Å²) >= 11 is 0. The Hall–Kier alpha value is -3.97. The predicted molar refractivity (Wildman–Crippen MR) is 130 cm³/mol. The number of carbonyl (C=O) groups is 2. The van der Waals surface area contributed by atoms with Gasteiger partial charge in [-0.25, -0.2) is 13.1 Å². The van der Waals surface area contributed by atoms with E-state index in [1.165, 1.54) is 29.8 Å². The Balaban J connectivity index is 1.34. The molecule has 0 fully saturated rings. The molecule has 0 spiro atoms. The van der Waals surface area contributed by atoms with Crippen LogP contribution in [0.3, 0.4) is 0 Å². The lowest BCUT2D eigenvalue weighted by molar-refractivity contribution is 0.0734. The van der Waals surface area contributed by atoms with Crippen LogP contribution in [0.4, 0.5) is 0 Å². The van der Waals surface area contributed by atoms with Crippen molar-refractivity contribution in [1.82, 2.24) is 9.62 Å². The molecule has 0 saturated carbocycles. The molecule has 1 aliphatic rings. The number of nitrogens with one attached hydrogen (secondary N) is 1. The average Bonchev–Trinajstić information content (AvgIpc) is 2.87. The summed E-state index contributed by atoms with van der Waals surface area (Å²) in [6, 6.07) is 26.2. The van der Waals surface area contributed by atoms with Crippen molar-refractivity contribution < 1.29 is 18.0 Å². The van der Waals surface area contributed by atoms with Gasteiger partial charge in [0.1, 0.15) is 0 Å². The molecule has 1 aliphatic heterocycles. The van der Waals surface area contributed by atoms with Crippen LogP contribution in [0.2, 0.25) is 0 Å². The van der Waals surface area contributed by atoms with E-state index in [2.05, 4.69) is 10.8 Å². The first kappa shape index (κ1) is 21.9. The molecular formula is C27H22N2O4S. The lowest BCUT2D eigenvalue weighted by Crippen LogP contribution is -2.36. The molecule has 5 rings (SSSR count). The summed E-state index contributed by atoms with van der Waals surface area (Å²) in [7, 11) is -4.08. The zero-order valence-corrected chi connectivity index (χ0v) is 19.1. The second-order valence-electron chi connectivity index (χ2n) is 8.27. The molecule has 0 aliphatic carbocycles. The first-order chi connectivity index (χ1) is 16.4. The fraction of sp³-hybridized carbons (Fsp3) is 0.111. The summed E-state index contributed by atoms with van der Waals surface area (Å²) in [5, 5.41) is 1.66. The molecule has 0 unspecified atom stereocenters.